The van der Waals surface area contributed by atoms with Gasteiger partial charge in [-0.15, -0.1) is 5.56 Å². The predicted octanol–water partition coefficient (Wildman–Crippen LogP) is 4.23. The summed E-state index contributed by atoms with van der Waals surface area (Å²) in [6.45, 7) is 0. The normalized spacial score (nSPS) is 9.93. The molecule has 0 aliphatic heterocycles. The van der Waals surface area contributed by atoms with E-state index in [-0.39, 0.29) is 23.0 Å². The minimum absolute atomic E-state index is 0. The Morgan fingerprint density at radius 3 is 2.41 bits per heavy atom. The monoisotopic (exact) mass is 399 g/mol. The van der Waals surface area contributed by atoms with Crippen LogP contribution in [0.2, 0.25) is 0 Å². The number of hydrogen-bond acceptors (Lipinski definition) is 4. The molecule has 3 aromatic carbocycles. The molecule has 0 radical (unpaired) electrons. The van der Waals surface area contributed by atoms with Gasteiger partial charge in [0, 0.05) is 5.56 Å². The number of amides is 1. The number of carbonyl (C=O) groups excluding carboxylic acids is 1. The number of hydrazone groups is 1. The molecule has 1 heterocycles. The molecule has 0 bridgehead atoms. The maximum absolute atomic E-state index is 11.8. The summed E-state index contributed by atoms with van der Waals surface area (Å²) in [5.74, 6) is 0.0364. The molecule has 0 aliphatic carbocycles. The quantitative estimate of drug-likeness (QED) is 0.242. The fourth-order valence-corrected chi connectivity index (χ4v) is 2.12. The third-order valence-electron chi connectivity index (χ3n) is 3.38. The molecule has 0 saturated carbocycles. The molecular weight excluding hydrogens is 382 g/mol. The van der Waals surface area contributed by atoms with Crippen molar-refractivity contribution in [3.63, 3.8) is 0 Å². The van der Waals surface area contributed by atoms with E-state index in [1.165, 1.54) is 6.20 Å². The number of carbonyl (C=O) groups is 1. The van der Waals surface area contributed by atoms with Gasteiger partial charge in [0.2, 0.25) is 0 Å². The fourth-order valence-electron chi connectivity index (χ4n) is 2.12. The molecule has 27 heavy (non-hydrogen) atoms. The summed E-state index contributed by atoms with van der Waals surface area (Å²) in [7, 11) is 0. The zero-order valence-corrected chi connectivity index (χ0v) is 15.4. The van der Waals surface area contributed by atoms with E-state index in [0.29, 0.717) is 5.76 Å². The Morgan fingerprint density at radius 1 is 1.07 bits per heavy atom. The number of oxazole rings is 1. The van der Waals surface area contributed by atoms with Crippen molar-refractivity contribution in [1.29, 1.82) is 0 Å². The van der Waals surface area contributed by atoms with Gasteiger partial charge in [-0.25, -0.2) is 34.7 Å². The van der Waals surface area contributed by atoms with Crippen LogP contribution < -0.4 is 5.43 Å². The number of aromatic nitrogens is 1. The van der Waals surface area contributed by atoms with E-state index in [1.54, 1.807) is 6.21 Å². The molecule has 1 amide bonds. The van der Waals surface area contributed by atoms with E-state index >= 15 is 0 Å². The van der Waals surface area contributed by atoms with E-state index in [0.717, 1.165) is 11.1 Å². The van der Waals surface area contributed by atoms with E-state index in [4.69, 9.17) is 4.42 Å². The van der Waals surface area contributed by atoms with Crippen LogP contribution in [-0.4, -0.2) is 17.1 Å². The van der Waals surface area contributed by atoms with Gasteiger partial charge in [-0.1, -0.05) is 30.3 Å². The van der Waals surface area contributed by atoms with Gasteiger partial charge in [0.15, 0.2) is 5.76 Å². The second-order valence-electron chi connectivity index (χ2n) is 5.28. The molecule has 0 saturated heterocycles. The van der Waals surface area contributed by atoms with Crippen LogP contribution in [0.3, 0.4) is 0 Å². The largest absolute Gasteiger partial charge is 2.00 e. The summed E-state index contributed by atoms with van der Waals surface area (Å²) < 4.78 is 5.42. The van der Waals surface area contributed by atoms with Crippen LogP contribution in [0.1, 0.15) is 16.2 Å². The summed E-state index contributed by atoms with van der Waals surface area (Å²) >= 11 is 0. The molecule has 0 spiro atoms. The molecule has 0 unspecified atom stereocenters. The van der Waals surface area contributed by atoms with Crippen LogP contribution in [-0.2, 0) is 17.1 Å². The first-order chi connectivity index (χ1) is 12.8. The third-order valence-corrected chi connectivity index (χ3v) is 3.38. The molecule has 4 aromatic rings. The first-order valence-corrected chi connectivity index (χ1v) is 8.06. The molecule has 0 aliphatic rings. The number of nitrogens with one attached hydrogen (secondary N) is 1. The van der Waals surface area contributed by atoms with Gasteiger partial charge < -0.3 is 4.42 Å². The maximum atomic E-state index is 11.8. The predicted molar refractivity (Wildman–Crippen MR) is 101 cm³/mol. The van der Waals surface area contributed by atoms with Crippen molar-refractivity contribution in [2.45, 2.75) is 0 Å². The first kappa shape index (κ1) is 20.1. The van der Waals surface area contributed by atoms with E-state index < -0.39 is 5.91 Å². The number of nitrogens with zero attached hydrogens (tertiary/aromatic N) is 2. The van der Waals surface area contributed by atoms with Crippen LogP contribution in [0.5, 0.6) is 0 Å². The van der Waals surface area contributed by atoms with Crippen molar-refractivity contribution >= 4 is 12.1 Å². The van der Waals surface area contributed by atoms with Gasteiger partial charge in [-0.05, 0) is 6.21 Å². The van der Waals surface area contributed by atoms with Crippen molar-refractivity contribution in [2.75, 3.05) is 0 Å². The number of rotatable bonds is 4. The summed E-state index contributed by atoms with van der Waals surface area (Å²) in [4.78, 5) is 15.8. The Hall–Kier alpha value is -3.21. The molecule has 6 heteroatoms. The molecule has 1 aromatic heterocycles. The SMILES string of the molecule is O=C(NN=C[c-]1cccc1)c1ncc(-c2ccccc2)o1.[Fe+2].c1cc[cH-]c1. The third kappa shape index (κ3) is 6.22. The van der Waals surface area contributed by atoms with Crippen LogP contribution in [0.25, 0.3) is 11.3 Å². The van der Waals surface area contributed by atoms with Gasteiger partial charge >= 0.3 is 23.0 Å². The first-order valence-electron chi connectivity index (χ1n) is 8.06. The van der Waals surface area contributed by atoms with Gasteiger partial charge in [-0.3, -0.25) is 4.79 Å². The minimum atomic E-state index is -0.486. The average Bonchev–Trinajstić information content (AvgIpc) is 3.46. The topological polar surface area (TPSA) is 67.5 Å². The summed E-state index contributed by atoms with van der Waals surface area (Å²) in [6.07, 6.45) is 3.07. The van der Waals surface area contributed by atoms with Gasteiger partial charge in [0.25, 0.3) is 5.89 Å². The Morgan fingerprint density at radius 2 is 1.78 bits per heavy atom. The molecule has 5 nitrogen and oxygen atoms in total. The smallest absolute Gasteiger partial charge is 0.432 e. The number of benzene rings is 1. The Bertz CT molecular complexity index is 910. The van der Waals surface area contributed by atoms with E-state index in [9.17, 15) is 4.79 Å². The van der Waals surface area contributed by atoms with Crippen molar-refractivity contribution in [1.82, 2.24) is 10.4 Å². The summed E-state index contributed by atoms with van der Waals surface area (Å²) in [5, 5.41) is 3.85. The molecule has 1 N–H and O–H groups in total. The van der Waals surface area contributed by atoms with Gasteiger partial charge in [0.05, 0.1) is 6.20 Å². The molecular formula is C21H17FeN3O2. The van der Waals surface area contributed by atoms with Crippen molar-refractivity contribution in [3.05, 3.63) is 103 Å². The Kier molecular flexibility index (Phi) is 7.97. The van der Waals surface area contributed by atoms with Gasteiger partial charge in [0.1, 0.15) is 0 Å². The van der Waals surface area contributed by atoms with Crippen molar-refractivity contribution < 1.29 is 26.3 Å². The molecule has 0 fully saturated rings. The zero-order chi connectivity index (χ0) is 18.0. The van der Waals surface area contributed by atoms with Crippen LogP contribution in [0.15, 0.2) is 101 Å². The minimum Gasteiger partial charge on any atom is -0.432 e. The second-order valence-corrected chi connectivity index (χ2v) is 5.28. The van der Waals surface area contributed by atoms with Crippen molar-refractivity contribution in [3.8, 4) is 11.3 Å². The Balaban J connectivity index is 0.000000379. The van der Waals surface area contributed by atoms with E-state index in [1.807, 2.05) is 84.9 Å². The molecule has 4 rings (SSSR count). The fraction of sp³-hybridized carbons (Fsp3) is 0. The summed E-state index contributed by atoms with van der Waals surface area (Å²) in [5.41, 5.74) is 4.15. The second kappa shape index (κ2) is 10.7. The van der Waals surface area contributed by atoms with Crippen LogP contribution in [0.4, 0.5) is 0 Å². The molecule has 136 valence electrons. The van der Waals surface area contributed by atoms with Crippen LogP contribution in [0, 0.1) is 0 Å². The standard InChI is InChI=1S/C16H12N3O2.C5H5.Fe/c20-15(19-18-10-12-6-4-5-7-12)16-17-11-14(21-16)13-8-2-1-3-9-13;1-2-4-5-3-1;/h1-11H,(H,19,20);1-5H;/q2*-1;+2. The molecule has 0 atom stereocenters. The zero-order valence-electron chi connectivity index (χ0n) is 14.3. The van der Waals surface area contributed by atoms with Crippen LogP contribution >= 0.6 is 0 Å². The van der Waals surface area contributed by atoms with Gasteiger partial charge in [-0.2, -0.15) is 35.4 Å². The maximum Gasteiger partial charge on any atom is 2.00 e. The average molecular weight is 399 g/mol. The van der Waals surface area contributed by atoms with Crippen molar-refractivity contribution in [2.24, 2.45) is 5.10 Å². The number of hydrogen-bond donors (Lipinski definition) is 1. The Labute approximate surface area is 168 Å². The van der Waals surface area contributed by atoms with E-state index in [2.05, 4.69) is 15.5 Å². The summed E-state index contributed by atoms with van der Waals surface area (Å²) in [6, 6.07) is 27.0.